The van der Waals surface area contributed by atoms with E-state index in [0.717, 1.165) is 11.1 Å². The van der Waals surface area contributed by atoms with Crippen LogP contribution in [0.4, 0.5) is 4.39 Å². The highest BCUT2D eigenvalue weighted by molar-refractivity contribution is 5.92. The van der Waals surface area contributed by atoms with Crippen LogP contribution in [-0.2, 0) is 4.79 Å². The van der Waals surface area contributed by atoms with E-state index in [1.165, 1.54) is 29.1 Å². The molecule has 190 valence electrons. The molecule has 2 amide bonds. The molecule has 0 unspecified atom stereocenters. The number of nitrogens with zero attached hydrogens (tertiary/aromatic N) is 4. The Hall–Kier alpha value is -4.08. The van der Waals surface area contributed by atoms with Gasteiger partial charge in [0.2, 0.25) is 6.41 Å². The number of aromatic nitrogens is 3. The van der Waals surface area contributed by atoms with Gasteiger partial charge in [-0.05, 0) is 56.5 Å². The van der Waals surface area contributed by atoms with E-state index in [4.69, 9.17) is 9.93 Å². The first kappa shape index (κ1) is 26.5. The van der Waals surface area contributed by atoms with E-state index < -0.39 is 5.54 Å². The van der Waals surface area contributed by atoms with Crippen molar-refractivity contribution in [3.63, 3.8) is 0 Å². The zero-order chi connectivity index (χ0) is 26.3. The van der Waals surface area contributed by atoms with Gasteiger partial charge in [0.05, 0.1) is 11.2 Å². The van der Waals surface area contributed by atoms with Crippen LogP contribution >= 0.6 is 0 Å². The van der Waals surface area contributed by atoms with E-state index in [1.807, 2.05) is 39.8 Å². The lowest BCUT2D eigenvalue weighted by Gasteiger charge is -2.31. The van der Waals surface area contributed by atoms with Crippen molar-refractivity contribution in [2.24, 2.45) is 0 Å². The van der Waals surface area contributed by atoms with Gasteiger partial charge in [0.15, 0.2) is 5.69 Å². The summed E-state index contributed by atoms with van der Waals surface area (Å²) in [5.74, 6) is -0.559. The van der Waals surface area contributed by atoms with Crippen molar-refractivity contribution >= 4 is 18.5 Å². The standard InChI is InChI=1S/C26H31FN6O3/c1-18(2)21-15-23(19-7-9-20(27)10-8-19)30-33(24(21)28)13-6-5-12-32(16-26(3,4)29-17-34)25(35)22-11-14-36-31-22/h6-11,13-15,17-18,28H,5,12,16H2,1-4H3,(H,29,34)/b13-6+,28-24?. The molecule has 2 heterocycles. The van der Waals surface area contributed by atoms with Gasteiger partial charge in [0, 0.05) is 36.5 Å². The highest BCUT2D eigenvalue weighted by Crippen LogP contribution is 2.20. The third-order valence-corrected chi connectivity index (χ3v) is 5.56. The van der Waals surface area contributed by atoms with Crippen molar-refractivity contribution in [3.8, 4) is 11.3 Å². The summed E-state index contributed by atoms with van der Waals surface area (Å²) in [4.78, 5) is 25.5. The van der Waals surface area contributed by atoms with Crippen LogP contribution in [0.15, 0.2) is 53.3 Å². The predicted molar refractivity (Wildman–Crippen MR) is 133 cm³/mol. The Labute approximate surface area is 209 Å². The Kier molecular flexibility index (Phi) is 8.52. The number of carbonyl (C=O) groups is 2. The number of nitrogens with one attached hydrogen (secondary N) is 2. The monoisotopic (exact) mass is 494 g/mol. The van der Waals surface area contributed by atoms with Gasteiger partial charge in [-0.1, -0.05) is 25.1 Å². The minimum atomic E-state index is -0.648. The van der Waals surface area contributed by atoms with Gasteiger partial charge >= 0.3 is 0 Å². The molecule has 10 heteroatoms. The van der Waals surface area contributed by atoms with Gasteiger partial charge in [-0.25, -0.2) is 9.07 Å². The molecule has 1 aromatic carbocycles. The maximum Gasteiger partial charge on any atom is 0.276 e. The molecule has 0 saturated carbocycles. The van der Waals surface area contributed by atoms with Crippen molar-refractivity contribution < 1.29 is 18.5 Å². The first-order chi connectivity index (χ1) is 17.1. The molecule has 2 aromatic heterocycles. The molecule has 0 saturated heterocycles. The lowest BCUT2D eigenvalue weighted by atomic mass is 10.0. The fraction of sp³-hybridized carbons (Fsp3) is 0.346. The van der Waals surface area contributed by atoms with Crippen molar-refractivity contribution in [1.82, 2.24) is 25.2 Å². The van der Waals surface area contributed by atoms with Crippen LogP contribution < -0.4 is 10.8 Å². The first-order valence-corrected chi connectivity index (χ1v) is 11.6. The largest absolute Gasteiger partial charge is 0.364 e. The van der Waals surface area contributed by atoms with E-state index in [1.54, 1.807) is 23.2 Å². The van der Waals surface area contributed by atoms with E-state index in [0.29, 0.717) is 25.1 Å². The molecule has 0 bridgehead atoms. The normalized spacial score (nSPS) is 11.7. The Morgan fingerprint density at radius 3 is 2.61 bits per heavy atom. The summed E-state index contributed by atoms with van der Waals surface area (Å²) in [6.07, 6.45) is 5.92. The minimum Gasteiger partial charge on any atom is -0.364 e. The van der Waals surface area contributed by atoms with E-state index >= 15 is 0 Å². The fourth-order valence-corrected chi connectivity index (χ4v) is 3.68. The summed E-state index contributed by atoms with van der Waals surface area (Å²) < 4.78 is 19.7. The molecule has 36 heavy (non-hydrogen) atoms. The Morgan fingerprint density at radius 2 is 2.00 bits per heavy atom. The van der Waals surface area contributed by atoms with Gasteiger partial charge < -0.3 is 14.7 Å². The summed E-state index contributed by atoms with van der Waals surface area (Å²) in [6.45, 7) is 8.24. The summed E-state index contributed by atoms with van der Waals surface area (Å²) in [7, 11) is 0. The van der Waals surface area contributed by atoms with Crippen molar-refractivity contribution in [3.05, 3.63) is 71.3 Å². The maximum atomic E-state index is 13.4. The molecule has 0 radical (unpaired) electrons. The van der Waals surface area contributed by atoms with Gasteiger partial charge in [-0.2, -0.15) is 5.10 Å². The lowest BCUT2D eigenvalue weighted by molar-refractivity contribution is -0.111. The second-order valence-electron chi connectivity index (χ2n) is 9.37. The van der Waals surface area contributed by atoms with Crippen LogP contribution in [-0.4, -0.2) is 50.8 Å². The zero-order valence-corrected chi connectivity index (χ0v) is 20.9. The SMILES string of the molecule is CC(C)c1cc(-c2ccc(F)cc2)nn(/C=C/CCN(CC(C)(C)NC=O)C(=O)c2ccon2)c1=N. The molecule has 0 aliphatic carbocycles. The molecular weight excluding hydrogens is 463 g/mol. The fourth-order valence-electron chi connectivity index (χ4n) is 3.68. The maximum absolute atomic E-state index is 13.4. The van der Waals surface area contributed by atoms with Crippen LogP contribution in [0.1, 0.15) is 56.1 Å². The molecule has 9 nitrogen and oxygen atoms in total. The number of amides is 2. The molecule has 2 N–H and O–H groups in total. The average Bonchev–Trinajstić information content (AvgIpc) is 3.36. The van der Waals surface area contributed by atoms with Crippen molar-refractivity contribution in [1.29, 1.82) is 5.41 Å². The number of halogens is 1. The van der Waals surface area contributed by atoms with Crippen LogP contribution in [0, 0.1) is 11.2 Å². The summed E-state index contributed by atoms with van der Waals surface area (Å²) in [5, 5.41) is 19.6. The van der Waals surface area contributed by atoms with Crippen LogP contribution in [0.5, 0.6) is 0 Å². The van der Waals surface area contributed by atoms with Crippen LogP contribution in [0.2, 0.25) is 0 Å². The van der Waals surface area contributed by atoms with Gasteiger partial charge in [0.25, 0.3) is 5.91 Å². The van der Waals surface area contributed by atoms with Crippen LogP contribution in [0.25, 0.3) is 17.5 Å². The number of benzene rings is 1. The van der Waals surface area contributed by atoms with E-state index in [2.05, 4.69) is 15.6 Å². The Balaban J connectivity index is 1.83. The Morgan fingerprint density at radius 1 is 1.28 bits per heavy atom. The first-order valence-electron chi connectivity index (χ1n) is 11.6. The average molecular weight is 495 g/mol. The molecule has 0 fully saturated rings. The second kappa shape index (κ2) is 11.6. The number of hydrogen-bond donors (Lipinski definition) is 2. The molecule has 3 rings (SSSR count). The minimum absolute atomic E-state index is 0.0856. The molecule has 0 aliphatic rings. The summed E-state index contributed by atoms with van der Waals surface area (Å²) in [6, 6.07) is 9.41. The van der Waals surface area contributed by atoms with E-state index in [9.17, 15) is 14.0 Å². The molecule has 0 atom stereocenters. The van der Waals surface area contributed by atoms with E-state index in [-0.39, 0.29) is 35.4 Å². The van der Waals surface area contributed by atoms with Gasteiger partial charge in [0.1, 0.15) is 17.6 Å². The molecule has 3 aromatic rings. The molecule has 0 aliphatic heterocycles. The predicted octanol–water partition coefficient (Wildman–Crippen LogP) is 3.81. The van der Waals surface area contributed by atoms with Gasteiger partial charge in [-0.15, -0.1) is 0 Å². The second-order valence-corrected chi connectivity index (χ2v) is 9.37. The molecular formula is C26H31FN6O3. The summed E-state index contributed by atoms with van der Waals surface area (Å²) >= 11 is 0. The lowest BCUT2D eigenvalue weighted by Crippen LogP contribution is -2.50. The number of carbonyl (C=O) groups excluding carboxylic acids is 2. The summed E-state index contributed by atoms with van der Waals surface area (Å²) in [5.41, 5.74) is 1.96. The highest BCUT2D eigenvalue weighted by atomic mass is 19.1. The topological polar surface area (TPSA) is 117 Å². The Bertz CT molecular complexity index is 1260. The van der Waals surface area contributed by atoms with Crippen molar-refractivity contribution in [2.75, 3.05) is 13.1 Å². The zero-order valence-electron chi connectivity index (χ0n) is 20.9. The highest BCUT2D eigenvalue weighted by Gasteiger charge is 2.26. The van der Waals surface area contributed by atoms with Crippen molar-refractivity contribution in [2.45, 2.75) is 45.6 Å². The quantitative estimate of drug-likeness (QED) is 0.393. The molecule has 0 spiro atoms. The smallest absolute Gasteiger partial charge is 0.276 e. The number of hydrogen-bond acceptors (Lipinski definition) is 6. The third-order valence-electron chi connectivity index (χ3n) is 5.56. The van der Waals surface area contributed by atoms with Gasteiger partial charge in [-0.3, -0.25) is 15.0 Å². The number of rotatable bonds is 11. The third kappa shape index (κ3) is 6.74. The van der Waals surface area contributed by atoms with Crippen LogP contribution in [0.3, 0.4) is 0 Å².